The zero-order valence-corrected chi connectivity index (χ0v) is 20.8. The maximum absolute atomic E-state index is 14.0. The molecular formula is C27H27ClN2O3S. The number of carbonyl (C=O) groups is 3. The molecule has 34 heavy (non-hydrogen) atoms. The number of rotatable bonds is 6. The zero-order chi connectivity index (χ0) is 24.4. The van der Waals surface area contributed by atoms with Crippen molar-refractivity contribution >= 4 is 40.5 Å². The molecule has 1 aromatic heterocycles. The van der Waals surface area contributed by atoms with Crippen molar-refractivity contribution in [3.8, 4) is 0 Å². The molecule has 4 rings (SSSR count). The highest BCUT2D eigenvalue weighted by Gasteiger charge is 2.56. The van der Waals surface area contributed by atoms with E-state index in [1.165, 1.54) is 18.3 Å². The van der Waals surface area contributed by atoms with Gasteiger partial charge in [-0.05, 0) is 48.6 Å². The van der Waals surface area contributed by atoms with Crippen LogP contribution in [0.1, 0.15) is 53.5 Å². The van der Waals surface area contributed by atoms with E-state index in [0.717, 1.165) is 11.1 Å². The summed E-state index contributed by atoms with van der Waals surface area (Å²) in [6, 6.07) is 18.8. The number of hydrogen-bond acceptors (Lipinski definition) is 4. The van der Waals surface area contributed by atoms with Crippen molar-refractivity contribution in [2.75, 3.05) is 0 Å². The van der Waals surface area contributed by atoms with Gasteiger partial charge in [-0.3, -0.25) is 14.4 Å². The molecule has 2 amide bonds. The predicted octanol–water partition coefficient (Wildman–Crippen LogP) is 5.48. The molecule has 1 aliphatic heterocycles. The fourth-order valence-electron chi connectivity index (χ4n) is 4.95. The van der Waals surface area contributed by atoms with E-state index in [1.54, 1.807) is 23.1 Å². The smallest absolute Gasteiger partial charge is 0.243 e. The molecule has 0 radical (unpaired) electrons. The van der Waals surface area contributed by atoms with Crippen molar-refractivity contribution in [1.29, 1.82) is 0 Å². The normalized spacial score (nSPS) is 22.1. The van der Waals surface area contributed by atoms with Gasteiger partial charge in [-0.25, -0.2) is 0 Å². The van der Waals surface area contributed by atoms with Crippen LogP contribution < -0.4 is 5.32 Å². The average molecular weight is 495 g/mol. The van der Waals surface area contributed by atoms with Crippen molar-refractivity contribution < 1.29 is 14.4 Å². The van der Waals surface area contributed by atoms with Gasteiger partial charge >= 0.3 is 0 Å². The summed E-state index contributed by atoms with van der Waals surface area (Å²) in [7, 11) is 0. The molecule has 5 nitrogen and oxygen atoms in total. The van der Waals surface area contributed by atoms with Gasteiger partial charge in [0.2, 0.25) is 11.8 Å². The van der Waals surface area contributed by atoms with Crippen molar-refractivity contribution in [3.05, 3.63) is 93.1 Å². The van der Waals surface area contributed by atoms with Gasteiger partial charge in [0.1, 0.15) is 6.04 Å². The number of ketones is 1. The summed E-state index contributed by atoms with van der Waals surface area (Å²) >= 11 is 7.53. The second-order valence-electron chi connectivity index (χ2n) is 8.83. The van der Waals surface area contributed by atoms with Crippen molar-refractivity contribution in [1.82, 2.24) is 10.2 Å². The van der Waals surface area contributed by atoms with E-state index in [4.69, 9.17) is 11.6 Å². The van der Waals surface area contributed by atoms with Crippen molar-refractivity contribution in [2.24, 2.45) is 5.92 Å². The molecule has 0 spiro atoms. The summed E-state index contributed by atoms with van der Waals surface area (Å²) in [6.07, 6.45) is 0. The molecule has 176 valence electrons. The van der Waals surface area contributed by atoms with Gasteiger partial charge in [-0.2, -0.15) is 0 Å². The second-order valence-corrected chi connectivity index (χ2v) is 10.2. The summed E-state index contributed by atoms with van der Waals surface area (Å²) in [5, 5.41) is 5.41. The SMILES string of the molecule is CC(=O)N1C(C(=O)NC(C)C)C(c2ccc(Cl)cc2)C(C(=O)c2cccs2)C1c1ccccc1. The average Bonchev–Trinajstić information content (AvgIpc) is 3.46. The summed E-state index contributed by atoms with van der Waals surface area (Å²) in [5.74, 6) is -1.78. The number of hydrogen-bond donors (Lipinski definition) is 1. The molecule has 2 heterocycles. The summed E-state index contributed by atoms with van der Waals surface area (Å²) in [5.41, 5.74) is 1.62. The third-order valence-electron chi connectivity index (χ3n) is 6.19. The number of thiophene rings is 1. The van der Waals surface area contributed by atoms with Crippen molar-refractivity contribution in [3.63, 3.8) is 0 Å². The molecule has 1 N–H and O–H groups in total. The Morgan fingerprint density at radius 1 is 0.941 bits per heavy atom. The molecule has 7 heteroatoms. The molecule has 1 aliphatic rings. The monoisotopic (exact) mass is 494 g/mol. The zero-order valence-electron chi connectivity index (χ0n) is 19.3. The highest BCUT2D eigenvalue weighted by molar-refractivity contribution is 7.12. The fraction of sp³-hybridized carbons (Fsp3) is 0.296. The van der Waals surface area contributed by atoms with E-state index in [2.05, 4.69) is 5.32 Å². The molecule has 0 saturated carbocycles. The topological polar surface area (TPSA) is 66.5 Å². The maximum atomic E-state index is 14.0. The molecule has 3 aromatic rings. The van der Waals surface area contributed by atoms with Crippen LogP contribution in [0.5, 0.6) is 0 Å². The van der Waals surface area contributed by atoms with E-state index >= 15 is 0 Å². The van der Waals surface area contributed by atoms with Gasteiger partial charge in [0, 0.05) is 23.9 Å². The Bertz CT molecular complexity index is 1160. The predicted molar refractivity (Wildman–Crippen MR) is 135 cm³/mol. The van der Waals surface area contributed by atoms with Crippen LogP contribution in [0, 0.1) is 5.92 Å². The number of benzene rings is 2. The third-order valence-corrected chi connectivity index (χ3v) is 7.33. The quantitative estimate of drug-likeness (QED) is 0.461. The van der Waals surface area contributed by atoms with Crippen LogP contribution in [-0.2, 0) is 9.59 Å². The van der Waals surface area contributed by atoms with Crippen LogP contribution >= 0.6 is 22.9 Å². The lowest BCUT2D eigenvalue weighted by Crippen LogP contribution is -2.49. The molecular weight excluding hydrogens is 468 g/mol. The van der Waals surface area contributed by atoms with Gasteiger partial charge in [-0.15, -0.1) is 11.3 Å². The Hall–Kier alpha value is -2.96. The Labute approximate surface area is 208 Å². The molecule has 2 aromatic carbocycles. The third kappa shape index (κ3) is 4.65. The Balaban J connectivity index is 1.96. The van der Waals surface area contributed by atoms with Crippen LogP contribution in [0.4, 0.5) is 0 Å². The minimum atomic E-state index is -0.847. The van der Waals surface area contributed by atoms with E-state index in [0.29, 0.717) is 9.90 Å². The lowest BCUT2D eigenvalue weighted by Gasteiger charge is -2.31. The fourth-order valence-corrected chi connectivity index (χ4v) is 5.78. The van der Waals surface area contributed by atoms with Crippen LogP contribution in [0.2, 0.25) is 5.02 Å². The molecule has 1 fully saturated rings. The first-order chi connectivity index (χ1) is 16.3. The Kier molecular flexibility index (Phi) is 7.19. The van der Waals surface area contributed by atoms with E-state index < -0.39 is 23.9 Å². The van der Waals surface area contributed by atoms with Gasteiger partial charge in [-0.1, -0.05) is 60.1 Å². The largest absolute Gasteiger partial charge is 0.352 e. The van der Waals surface area contributed by atoms with Gasteiger partial charge in [0.05, 0.1) is 16.8 Å². The lowest BCUT2D eigenvalue weighted by atomic mass is 9.77. The minimum Gasteiger partial charge on any atom is -0.352 e. The number of nitrogens with one attached hydrogen (secondary N) is 1. The number of amides is 2. The number of likely N-dealkylation sites (tertiary alicyclic amines) is 1. The van der Waals surface area contributed by atoms with Crippen LogP contribution in [0.3, 0.4) is 0 Å². The van der Waals surface area contributed by atoms with E-state index in [1.807, 2.05) is 67.8 Å². The molecule has 0 bridgehead atoms. The van der Waals surface area contributed by atoms with E-state index in [9.17, 15) is 14.4 Å². The Morgan fingerprint density at radius 2 is 1.62 bits per heavy atom. The highest BCUT2D eigenvalue weighted by atomic mass is 35.5. The lowest BCUT2D eigenvalue weighted by molar-refractivity contribution is -0.139. The minimum absolute atomic E-state index is 0.0742. The van der Waals surface area contributed by atoms with Crippen LogP contribution in [0.25, 0.3) is 0 Å². The number of Topliss-reactive ketones (excluding diaryl/α,β-unsaturated/α-hetero) is 1. The molecule has 0 aliphatic carbocycles. The molecule has 4 atom stereocenters. The first-order valence-electron chi connectivity index (χ1n) is 11.3. The summed E-state index contributed by atoms with van der Waals surface area (Å²) < 4.78 is 0. The first-order valence-corrected chi connectivity index (χ1v) is 12.5. The standard InChI is InChI=1S/C27H27ClN2O3S/c1-16(2)29-27(33)25-22(18-11-13-20(28)14-12-18)23(26(32)21-10-7-15-34-21)24(30(25)17(3)31)19-8-5-4-6-9-19/h4-16,22-25H,1-3H3,(H,29,33). The van der Waals surface area contributed by atoms with Gasteiger partial charge in [0.25, 0.3) is 0 Å². The summed E-state index contributed by atoms with van der Waals surface area (Å²) in [4.78, 5) is 43.0. The highest BCUT2D eigenvalue weighted by Crippen LogP contribution is 2.51. The Morgan fingerprint density at radius 3 is 2.18 bits per heavy atom. The number of halogens is 1. The van der Waals surface area contributed by atoms with E-state index in [-0.39, 0.29) is 23.6 Å². The van der Waals surface area contributed by atoms with Gasteiger partial charge in [0.15, 0.2) is 5.78 Å². The molecule has 4 unspecified atom stereocenters. The molecule has 1 saturated heterocycles. The second kappa shape index (κ2) is 10.1. The number of nitrogens with zero attached hydrogens (tertiary/aromatic N) is 1. The van der Waals surface area contributed by atoms with Crippen LogP contribution in [-0.4, -0.2) is 34.6 Å². The van der Waals surface area contributed by atoms with Crippen molar-refractivity contribution in [2.45, 2.75) is 44.8 Å². The van der Waals surface area contributed by atoms with Gasteiger partial charge < -0.3 is 10.2 Å². The number of carbonyl (C=O) groups excluding carboxylic acids is 3. The summed E-state index contributed by atoms with van der Waals surface area (Å²) in [6.45, 7) is 5.22. The first kappa shape index (κ1) is 24.2. The van der Waals surface area contributed by atoms with Crippen LogP contribution in [0.15, 0.2) is 72.1 Å². The maximum Gasteiger partial charge on any atom is 0.243 e.